The molecular weight excluding hydrogens is 255 g/mol. The van der Waals surface area contributed by atoms with Crippen molar-refractivity contribution >= 4 is 34.8 Å². The maximum atomic E-state index is 5.84. The first-order valence-corrected chi connectivity index (χ1v) is 8.77. The molecule has 0 bridgehead atoms. The molecule has 0 amide bonds. The molecule has 3 rings (SSSR count). The highest BCUT2D eigenvalue weighted by Crippen LogP contribution is 2.57. The van der Waals surface area contributed by atoms with Gasteiger partial charge in [0.15, 0.2) is 5.47 Å². The third-order valence-electron chi connectivity index (χ3n) is 2.61. The van der Waals surface area contributed by atoms with Gasteiger partial charge in [0.1, 0.15) is 5.75 Å². The van der Waals surface area contributed by atoms with E-state index < -0.39 is 5.47 Å². The Kier molecular flexibility index (Phi) is 2.36. The van der Waals surface area contributed by atoms with Gasteiger partial charge >= 0.3 is 0 Å². The van der Waals surface area contributed by atoms with Crippen LogP contribution in [0.4, 0.5) is 0 Å². The zero-order valence-electron chi connectivity index (χ0n) is 8.33. The van der Waals surface area contributed by atoms with Gasteiger partial charge in [-0.2, -0.15) is 0 Å². The Morgan fingerprint density at radius 1 is 0.938 bits per heavy atom. The number of hydrogen-bond acceptors (Lipinski definition) is 2. The fourth-order valence-corrected chi connectivity index (χ4v) is 4.70. The SMILES string of the molecule is S=P1(S)Oc2ccccc2-c2ccccc21. The van der Waals surface area contributed by atoms with Gasteiger partial charge in [-0.05, 0) is 29.5 Å². The Balaban J connectivity index is 2.38. The second kappa shape index (κ2) is 3.63. The third kappa shape index (κ3) is 1.51. The summed E-state index contributed by atoms with van der Waals surface area (Å²) in [7, 11) is 0. The molecule has 0 fully saturated rings. The van der Waals surface area contributed by atoms with Gasteiger partial charge in [0, 0.05) is 10.9 Å². The van der Waals surface area contributed by atoms with Crippen LogP contribution in [0.15, 0.2) is 48.5 Å². The topological polar surface area (TPSA) is 9.23 Å². The zero-order chi connectivity index (χ0) is 11.2. The maximum Gasteiger partial charge on any atom is 0.194 e. The standard InChI is InChI=1S/C12H9OPS2/c15-14(16)12-8-4-2-6-10(12)9-5-1-3-7-11(9)13-14/h1-8H,(H,15,16). The first-order valence-electron chi connectivity index (χ1n) is 4.90. The summed E-state index contributed by atoms with van der Waals surface area (Å²) in [5.41, 5.74) is 0.0784. The van der Waals surface area contributed by atoms with Crippen molar-refractivity contribution < 1.29 is 4.52 Å². The van der Waals surface area contributed by atoms with Crippen LogP contribution >= 0.6 is 17.7 Å². The number of rotatable bonds is 0. The lowest BCUT2D eigenvalue weighted by Crippen LogP contribution is -2.13. The van der Waals surface area contributed by atoms with Crippen LogP contribution in [0.25, 0.3) is 11.1 Å². The van der Waals surface area contributed by atoms with E-state index in [9.17, 15) is 0 Å². The maximum absolute atomic E-state index is 5.84. The van der Waals surface area contributed by atoms with E-state index >= 15 is 0 Å². The molecule has 0 aromatic heterocycles. The molecule has 1 heterocycles. The predicted octanol–water partition coefficient (Wildman–Crippen LogP) is 3.61. The summed E-state index contributed by atoms with van der Waals surface area (Å²) in [5, 5.41) is 1.05. The highest BCUT2D eigenvalue weighted by molar-refractivity contribution is 8.64. The molecule has 0 N–H and O–H groups in total. The van der Waals surface area contributed by atoms with Gasteiger partial charge in [0.05, 0.1) is 0 Å². The van der Waals surface area contributed by atoms with E-state index in [0.29, 0.717) is 0 Å². The Morgan fingerprint density at radius 2 is 1.56 bits per heavy atom. The van der Waals surface area contributed by atoms with Crippen LogP contribution in [-0.4, -0.2) is 0 Å². The molecule has 4 heteroatoms. The summed E-state index contributed by atoms with van der Waals surface area (Å²) in [6, 6.07) is 16.0. The summed E-state index contributed by atoms with van der Waals surface area (Å²) in [5.74, 6) is 0.847. The average molecular weight is 264 g/mol. The van der Waals surface area contributed by atoms with Crippen molar-refractivity contribution in [3.8, 4) is 16.9 Å². The molecule has 1 atom stereocenters. The van der Waals surface area contributed by atoms with Crippen molar-refractivity contribution in [3.63, 3.8) is 0 Å². The number of thiol groups is 1. The lowest BCUT2D eigenvalue weighted by Gasteiger charge is -2.27. The van der Waals surface area contributed by atoms with E-state index in [1.165, 1.54) is 0 Å². The average Bonchev–Trinajstić information content (AvgIpc) is 2.29. The fourth-order valence-electron chi connectivity index (χ4n) is 1.90. The van der Waals surface area contributed by atoms with Gasteiger partial charge in [-0.25, -0.2) is 0 Å². The number of hydrogen-bond donors (Lipinski definition) is 1. The van der Waals surface area contributed by atoms with Crippen molar-refractivity contribution in [2.24, 2.45) is 0 Å². The molecule has 0 saturated carbocycles. The lowest BCUT2D eigenvalue weighted by molar-refractivity contribution is 0.632. The molecule has 1 aliphatic rings. The van der Waals surface area contributed by atoms with E-state index in [1.54, 1.807) is 0 Å². The van der Waals surface area contributed by atoms with Crippen LogP contribution in [0.1, 0.15) is 0 Å². The van der Waals surface area contributed by atoms with Crippen molar-refractivity contribution in [2.75, 3.05) is 0 Å². The van der Waals surface area contributed by atoms with Crippen LogP contribution in [0.3, 0.4) is 0 Å². The second-order valence-electron chi connectivity index (χ2n) is 3.63. The Bertz CT molecular complexity index is 609. The first-order chi connectivity index (χ1) is 7.68. The van der Waals surface area contributed by atoms with Gasteiger partial charge in [-0.1, -0.05) is 48.6 Å². The quantitative estimate of drug-likeness (QED) is 0.575. The van der Waals surface area contributed by atoms with Crippen LogP contribution in [0.5, 0.6) is 5.75 Å². The van der Waals surface area contributed by atoms with E-state index in [0.717, 1.165) is 22.2 Å². The molecule has 0 radical (unpaired) electrons. The van der Waals surface area contributed by atoms with E-state index in [2.05, 4.69) is 24.4 Å². The van der Waals surface area contributed by atoms with Crippen molar-refractivity contribution in [1.29, 1.82) is 0 Å². The number of benzene rings is 2. The summed E-state index contributed by atoms with van der Waals surface area (Å²) < 4.78 is 5.84. The molecule has 1 unspecified atom stereocenters. The van der Waals surface area contributed by atoms with Crippen LogP contribution in [-0.2, 0) is 11.8 Å². The smallest absolute Gasteiger partial charge is 0.194 e. The Morgan fingerprint density at radius 3 is 2.38 bits per heavy atom. The fraction of sp³-hybridized carbons (Fsp3) is 0. The molecule has 2 aromatic rings. The van der Waals surface area contributed by atoms with Crippen LogP contribution in [0, 0.1) is 0 Å². The molecular formula is C12H9OPS2. The zero-order valence-corrected chi connectivity index (χ0v) is 10.9. The summed E-state index contributed by atoms with van der Waals surface area (Å²) >= 11 is 10.0. The van der Waals surface area contributed by atoms with Gasteiger partial charge < -0.3 is 4.52 Å². The summed E-state index contributed by atoms with van der Waals surface area (Å²) in [4.78, 5) is 0. The minimum Gasteiger partial charge on any atom is -0.453 e. The van der Waals surface area contributed by atoms with Crippen molar-refractivity contribution in [2.45, 2.75) is 0 Å². The predicted molar refractivity (Wildman–Crippen MR) is 75.4 cm³/mol. The third-order valence-corrected chi connectivity index (χ3v) is 5.76. The van der Waals surface area contributed by atoms with Crippen molar-refractivity contribution in [1.82, 2.24) is 0 Å². The van der Waals surface area contributed by atoms with Crippen LogP contribution in [0.2, 0.25) is 0 Å². The summed E-state index contributed by atoms with van der Waals surface area (Å²) in [6.07, 6.45) is 0. The van der Waals surface area contributed by atoms with Gasteiger partial charge in [0.25, 0.3) is 0 Å². The highest BCUT2D eigenvalue weighted by Gasteiger charge is 2.28. The summed E-state index contributed by atoms with van der Waals surface area (Å²) in [6.45, 7) is 0. The van der Waals surface area contributed by atoms with Gasteiger partial charge in [-0.15, -0.1) is 0 Å². The second-order valence-corrected chi connectivity index (χ2v) is 9.37. The molecule has 16 heavy (non-hydrogen) atoms. The molecule has 2 aromatic carbocycles. The van der Waals surface area contributed by atoms with Gasteiger partial charge in [-0.3, -0.25) is 0 Å². The van der Waals surface area contributed by atoms with E-state index in [1.807, 2.05) is 36.4 Å². The largest absolute Gasteiger partial charge is 0.453 e. The molecule has 1 aliphatic heterocycles. The van der Waals surface area contributed by atoms with Gasteiger partial charge in [0.2, 0.25) is 0 Å². The number of fused-ring (bicyclic) bond motifs is 3. The molecule has 0 saturated heterocycles. The van der Waals surface area contributed by atoms with E-state index in [-0.39, 0.29) is 0 Å². The first kappa shape index (κ1) is 10.4. The monoisotopic (exact) mass is 264 g/mol. The molecule has 0 aliphatic carbocycles. The molecule has 80 valence electrons. The highest BCUT2D eigenvalue weighted by atomic mass is 32.9. The minimum absolute atomic E-state index is 0.847. The van der Waals surface area contributed by atoms with Crippen molar-refractivity contribution in [3.05, 3.63) is 48.5 Å². The van der Waals surface area contributed by atoms with Crippen LogP contribution < -0.4 is 9.83 Å². The lowest BCUT2D eigenvalue weighted by atomic mass is 10.0. The normalized spacial score (nSPS) is 21.8. The van der Waals surface area contributed by atoms with E-state index in [4.69, 9.17) is 16.3 Å². The molecule has 1 nitrogen and oxygen atoms in total. The minimum atomic E-state index is -2.18. The number of para-hydroxylation sites is 1. The molecule has 0 spiro atoms. The Hall–Kier alpha value is -0.760. The Labute approximate surface area is 105 Å².